The first-order chi connectivity index (χ1) is 10.4. The zero-order valence-electron chi connectivity index (χ0n) is 14.5. The second kappa shape index (κ2) is 4.82. The summed E-state index contributed by atoms with van der Waals surface area (Å²) < 4.78 is 0. The summed E-state index contributed by atoms with van der Waals surface area (Å²) in [6, 6.07) is 0. The van der Waals surface area contributed by atoms with Crippen molar-refractivity contribution in [2.24, 2.45) is 40.4 Å². The van der Waals surface area contributed by atoms with Gasteiger partial charge in [0.25, 0.3) is 0 Å². The van der Waals surface area contributed by atoms with Gasteiger partial charge in [0.15, 0.2) is 0 Å². The molecule has 124 valence electrons. The highest BCUT2D eigenvalue weighted by Crippen LogP contribution is 2.67. The summed E-state index contributed by atoms with van der Waals surface area (Å²) in [5.41, 5.74) is 0.559. The fourth-order valence-electron chi connectivity index (χ4n) is 7.40. The standard InChI is InChI=1S/C20H32O2/c1-12-10-13-11-14(21)6-8-19(13,2)16-7-9-20(3)15(18(12)16)4-5-17(20)22/h12-13,15-18,22H,4-11H2,1-3H3/t12-,13?,15?,16?,17-,18?,19-,20-/m0/s1. The van der Waals surface area contributed by atoms with Crippen LogP contribution in [0, 0.1) is 40.4 Å². The van der Waals surface area contributed by atoms with Crippen LogP contribution in [-0.2, 0) is 4.79 Å². The van der Waals surface area contributed by atoms with Crippen molar-refractivity contribution in [3.05, 3.63) is 0 Å². The molecule has 0 spiro atoms. The molecule has 0 aromatic carbocycles. The Morgan fingerprint density at radius 3 is 2.55 bits per heavy atom. The lowest BCUT2D eigenvalue weighted by molar-refractivity contribution is -0.153. The smallest absolute Gasteiger partial charge is 0.133 e. The number of ketones is 1. The molecule has 0 saturated heterocycles. The SMILES string of the molecule is C[C@H]1CC2CC(=O)CC[C@]2(C)C2CC[C@@]3(C)C(CC[C@@H]3O)C21. The van der Waals surface area contributed by atoms with Gasteiger partial charge in [0.1, 0.15) is 5.78 Å². The highest BCUT2D eigenvalue weighted by Gasteiger charge is 2.61. The maximum absolute atomic E-state index is 12.0. The summed E-state index contributed by atoms with van der Waals surface area (Å²) in [6.07, 6.45) is 8.65. The summed E-state index contributed by atoms with van der Waals surface area (Å²) in [5.74, 6) is 4.14. The van der Waals surface area contributed by atoms with Crippen molar-refractivity contribution in [2.75, 3.05) is 0 Å². The van der Waals surface area contributed by atoms with Crippen LogP contribution in [0.4, 0.5) is 0 Å². The van der Waals surface area contributed by atoms with Crippen LogP contribution in [0.15, 0.2) is 0 Å². The number of hydrogen-bond acceptors (Lipinski definition) is 2. The van der Waals surface area contributed by atoms with Gasteiger partial charge in [-0.3, -0.25) is 4.79 Å². The molecule has 8 atom stereocenters. The Hall–Kier alpha value is -0.370. The number of aliphatic hydroxyl groups excluding tert-OH is 1. The van der Waals surface area contributed by atoms with Gasteiger partial charge in [-0.15, -0.1) is 0 Å². The van der Waals surface area contributed by atoms with Gasteiger partial charge in [-0.2, -0.15) is 0 Å². The molecular weight excluding hydrogens is 272 g/mol. The average molecular weight is 304 g/mol. The van der Waals surface area contributed by atoms with E-state index in [9.17, 15) is 9.90 Å². The molecule has 0 radical (unpaired) electrons. The van der Waals surface area contributed by atoms with Crippen LogP contribution < -0.4 is 0 Å². The predicted molar refractivity (Wildman–Crippen MR) is 87.3 cm³/mol. The molecule has 4 aliphatic rings. The van der Waals surface area contributed by atoms with Crippen LogP contribution in [0.3, 0.4) is 0 Å². The van der Waals surface area contributed by atoms with E-state index in [4.69, 9.17) is 0 Å². The van der Waals surface area contributed by atoms with Gasteiger partial charge in [0, 0.05) is 12.8 Å². The monoisotopic (exact) mass is 304 g/mol. The van der Waals surface area contributed by atoms with Gasteiger partial charge in [0.2, 0.25) is 0 Å². The van der Waals surface area contributed by atoms with Crippen molar-refractivity contribution < 1.29 is 9.90 Å². The summed E-state index contributed by atoms with van der Waals surface area (Å²) >= 11 is 0. The summed E-state index contributed by atoms with van der Waals surface area (Å²) in [6.45, 7) is 7.30. The van der Waals surface area contributed by atoms with Crippen molar-refractivity contribution in [3.63, 3.8) is 0 Å². The predicted octanol–water partition coefficient (Wildman–Crippen LogP) is 4.21. The van der Waals surface area contributed by atoms with Crippen LogP contribution in [0.25, 0.3) is 0 Å². The molecule has 0 aromatic rings. The highest BCUT2D eigenvalue weighted by atomic mass is 16.3. The van der Waals surface area contributed by atoms with E-state index in [0.717, 1.165) is 43.4 Å². The highest BCUT2D eigenvalue weighted by molar-refractivity contribution is 5.79. The first-order valence-corrected chi connectivity index (χ1v) is 9.56. The minimum absolute atomic E-state index is 0.0795. The number of carbonyl (C=O) groups is 1. The zero-order valence-corrected chi connectivity index (χ0v) is 14.5. The van der Waals surface area contributed by atoms with E-state index in [-0.39, 0.29) is 11.5 Å². The normalized spacial score (nSPS) is 57.9. The fraction of sp³-hybridized carbons (Fsp3) is 0.950. The Balaban J connectivity index is 1.68. The van der Waals surface area contributed by atoms with Crippen LogP contribution in [0.2, 0.25) is 0 Å². The van der Waals surface area contributed by atoms with Gasteiger partial charge >= 0.3 is 0 Å². The lowest BCUT2D eigenvalue weighted by Crippen LogP contribution is -2.56. The van der Waals surface area contributed by atoms with E-state index < -0.39 is 0 Å². The molecule has 22 heavy (non-hydrogen) atoms. The Morgan fingerprint density at radius 1 is 1.05 bits per heavy atom. The van der Waals surface area contributed by atoms with Gasteiger partial charge in [-0.05, 0) is 78.9 Å². The van der Waals surface area contributed by atoms with Gasteiger partial charge in [-0.1, -0.05) is 20.8 Å². The van der Waals surface area contributed by atoms with Crippen molar-refractivity contribution in [1.82, 2.24) is 0 Å². The Bertz CT molecular complexity index is 486. The van der Waals surface area contributed by atoms with E-state index in [0.29, 0.717) is 23.0 Å². The maximum Gasteiger partial charge on any atom is 0.133 e. The Labute approximate surface area is 135 Å². The number of carbonyl (C=O) groups excluding carboxylic acids is 1. The topological polar surface area (TPSA) is 37.3 Å². The molecule has 2 nitrogen and oxygen atoms in total. The van der Waals surface area contributed by atoms with E-state index in [2.05, 4.69) is 20.8 Å². The van der Waals surface area contributed by atoms with Crippen molar-refractivity contribution >= 4 is 5.78 Å². The molecule has 2 heteroatoms. The van der Waals surface area contributed by atoms with Gasteiger partial charge in [0.05, 0.1) is 6.10 Å². The van der Waals surface area contributed by atoms with Gasteiger partial charge < -0.3 is 5.11 Å². The molecule has 0 aromatic heterocycles. The van der Waals surface area contributed by atoms with Crippen LogP contribution in [-0.4, -0.2) is 17.0 Å². The number of aliphatic hydroxyl groups is 1. The third-order valence-electron chi connectivity index (χ3n) is 8.79. The fourth-order valence-corrected chi connectivity index (χ4v) is 7.40. The molecule has 4 saturated carbocycles. The molecule has 4 rings (SSSR count). The average Bonchev–Trinajstić information content (AvgIpc) is 2.77. The van der Waals surface area contributed by atoms with Crippen molar-refractivity contribution in [1.29, 1.82) is 0 Å². The first-order valence-electron chi connectivity index (χ1n) is 9.56. The van der Waals surface area contributed by atoms with Crippen molar-refractivity contribution in [2.45, 2.75) is 78.2 Å². The minimum Gasteiger partial charge on any atom is -0.393 e. The molecule has 0 aliphatic heterocycles. The molecule has 0 amide bonds. The summed E-state index contributed by atoms with van der Waals surface area (Å²) in [4.78, 5) is 12.0. The van der Waals surface area contributed by atoms with Crippen LogP contribution in [0.1, 0.15) is 72.1 Å². The molecule has 1 N–H and O–H groups in total. The van der Waals surface area contributed by atoms with E-state index in [1.165, 1.54) is 25.7 Å². The third-order valence-corrected chi connectivity index (χ3v) is 8.79. The molecule has 0 heterocycles. The summed E-state index contributed by atoms with van der Waals surface area (Å²) in [5, 5.41) is 10.5. The Kier molecular flexibility index (Phi) is 3.32. The largest absolute Gasteiger partial charge is 0.393 e. The molecule has 0 bridgehead atoms. The number of hydrogen-bond donors (Lipinski definition) is 1. The van der Waals surface area contributed by atoms with E-state index in [1.807, 2.05) is 0 Å². The third kappa shape index (κ3) is 1.85. The minimum atomic E-state index is -0.0795. The number of Topliss-reactive ketones (excluding diaryl/α,β-unsaturated/α-hetero) is 1. The first kappa shape index (κ1) is 15.2. The lowest BCUT2D eigenvalue weighted by atomic mass is 9.43. The Morgan fingerprint density at radius 2 is 1.77 bits per heavy atom. The zero-order chi connectivity index (χ0) is 15.7. The maximum atomic E-state index is 12.0. The molecule has 4 unspecified atom stereocenters. The number of fused-ring (bicyclic) bond motifs is 5. The quantitative estimate of drug-likeness (QED) is 0.728. The van der Waals surface area contributed by atoms with Crippen LogP contribution in [0.5, 0.6) is 0 Å². The molecule has 4 fully saturated rings. The molecular formula is C20H32O2. The molecule has 4 aliphatic carbocycles. The van der Waals surface area contributed by atoms with Gasteiger partial charge in [-0.25, -0.2) is 0 Å². The second-order valence-corrected chi connectivity index (χ2v) is 9.59. The lowest BCUT2D eigenvalue weighted by Gasteiger charge is -2.62. The van der Waals surface area contributed by atoms with Crippen molar-refractivity contribution in [3.8, 4) is 0 Å². The van der Waals surface area contributed by atoms with E-state index >= 15 is 0 Å². The number of rotatable bonds is 0. The van der Waals surface area contributed by atoms with E-state index in [1.54, 1.807) is 0 Å². The second-order valence-electron chi connectivity index (χ2n) is 9.59. The summed E-state index contributed by atoms with van der Waals surface area (Å²) in [7, 11) is 0. The van der Waals surface area contributed by atoms with Crippen LogP contribution >= 0.6 is 0 Å².